The third-order valence-corrected chi connectivity index (χ3v) is 3.46. The Hall–Kier alpha value is -2.36. The minimum absolute atomic E-state index is 0.310. The Balaban J connectivity index is 2.20. The van der Waals surface area contributed by atoms with Gasteiger partial charge in [0, 0.05) is 16.6 Å². The number of nitrogen functional groups attached to an aromatic ring is 1. The Kier molecular flexibility index (Phi) is 2.93. The molecule has 0 bridgehead atoms. The van der Waals surface area contributed by atoms with Gasteiger partial charge in [-0.15, -0.1) is 0 Å². The lowest BCUT2D eigenvalue weighted by Gasteiger charge is -2.12. The highest BCUT2D eigenvalue weighted by Crippen LogP contribution is 2.31. The minimum Gasteiger partial charge on any atom is -0.464 e. The number of nitrogens with zero attached hydrogens (tertiary/aromatic N) is 2. The summed E-state index contributed by atoms with van der Waals surface area (Å²) >= 11 is 0. The van der Waals surface area contributed by atoms with Crippen LogP contribution in [-0.2, 0) is 0 Å². The fourth-order valence-corrected chi connectivity index (χ4v) is 2.59. The van der Waals surface area contributed by atoms with Crippen molar-refractivity contribution in [3.63, 3.8) is 0 Å². The summed E-state index contributed by atoms with van der Waals surface area (Å²) in [6.07, 6.45) is 1.69. The number of rotatable bonds is 2. The van der Waals surface area contributed by atoms with Crippen molar-refractivity contribution in [2.24, 2.45) is 0 Å². The molecule has 2 N–H and O–H groups in total. The number of anilines is 1. The topological polar surface area (TPSA) is 64.9 Å². The maximum atomic E-state index is 6.09. The summed E-state index contributed by atoms with van der Waals surface area (Å²) in [5, 5.41) is 1.00. The van der Waals surface area contributed by atoms with Gasteiger partial charge in [-0.3, -0.25) is 0 Å². The van der Waals surface area contributed by atoms with Gasteiger partial charge in [0.25, 0.3) is 0 Å². The Morgan fingerprint density at radius 3 is 2.60 bits per heavy atom. The maximum Gasteiger partial charge on any atom is 0.165 e. The number of aromatic nitrogens is 2. The number of hydrogen-bond acceptors (Lipinski definition) is 4. The number of benzene rings is 1. The van der Waals surface area contributed by atoms with Gasteiger partial charge in [0.15, 0.2) is 5.82 Å². The van der Waals surface area contributed by atoms with Gasteiger partial charge < -0.3 is 10.2 Å². The Morgan fingerprint density at radius 1 is 1.15 bits per heavy atom. The summed E-state index contributed by atoms with van der Waals surface area (Å²) in [6.45, 7) is 6.16. The number of aryl methyl sites for hydroxylation is 1. The van der Waals surface area contributed by atoms with E-state index >= 15 is 0 Å². The van der Waals surface area contributed by atoms with Gasteiger partial charge >= 0.3 is 0 Å². The van der Waals surface area contributed by atoms with Gasteiger partial charge in [0.1, 0.15) is 17.7 Å². The molecular formula is C16H17N3O. The standard InChI is InChI=1S/C16H17N3O/c1-9(2)14-10(3)18-16(19-15(14)17)12-8-20-13-7-5-4-6-11(12)13/h4-9H,1-3H3,(H2,17,18,19). The summed E-state index contributed by atoms with van der Waals surface area (Å²) in [5.41, 5.74) is 9.74. The first-order valence-corrected chi connectivity index (χ1v) is 6.68. The second-order valence-electron chi connectivity index (χ2n) is 5.23. The van der Waals surface area contributed by atoms with Crippen LogP contribution in [0.25, 0.3) is 22.4 Å². The first kappa shape index (κ1) is 12.7. The Bertz CT molecular complexity index is 751. The Morgan fingerprint density at radius 2 is 1.90 bits per heavy atom. The van der Waals surface area contributed by atoms with Gasteiger partial charge in [-0.2, -0.15) is 0 Å². The average Bonchev–Trinajstić information content (AvgIpc) is 2.81. The second-order valence-corrected chi connectivity index (χ2v) is 5.23. The highest BCUT2D eigenvalue weighted by atomic mass is 16.3. The Labute approximate surface area is 117 Å². The largest absolute Gasteiger partial charge is 0.464 e. The molecule has 3 aromatic rings. The summed E-state index contributed by atoms with van der Waals surface area (Å²) in [4.78, 5) is 9.05. The number of para-hydroxylation sites is 1. The van der Waals surface area contributed by atoms with Crippen molar-refractivity contribution in [1.82, 2.24) is 9.97 Å². The molecule has 0 aliphatic heterocycles. The van der Waals surface area contributed by atoms with Crippen LogP contribution in [0.4, 0.5) is 5.82 Å². The molecule has 0 aliphatic rings. The first-order valence-electron chi connectivity index (χ1n) is 6.68. The van der Waals surface area contributed by atoms with E-state index in [1.807, 2.05) is 31.2 Å². The average molecular weight is 267 g/mol. The molecule has 0 radical (unpaired) electrons. The maximum absolute atomic E-state index is 6.09. The van der Waals surface area contributed by atoms with Crippen LogP contribution >= 0.6 is 0 Å². The van der Waals surface area contributed by atoms with E-state index in [2.05, 4.69) is 23.8 Å². The fourth-order valence-electron chi connectivity index (χ4n) is 2.59. The highest BCUT2D eigenvalue weighted by Gasteiger charge is 2.16. The molecule has 0 saturated carbocycles. The van der Waals surface area contributed by atoms with Crippen LogP contribution in [0.15, 0.2) is 34.9 Å². The van der Waals surface area contributed by atoms with E-state index in [1.54, 1.807) is 6.26 Å². The van der Waals surface area contributed by atoms with Crippen LogP contribution in [0.5, 0.6) is 0 Å². The van der Waals surface area contributed by atoms with E-state index in [1.165, 1.54) is 0 Å². The third-order valence-electron chi connectivity index (χ3n) is 3.46. The van der Waals surface area contributed by atoms with Crippen LogP contribution in [0, 0.1) is 6.92 Å². The summed E-state index contributed by atoms with van der Waals surface area (Å²) in [7, 11) is 0. The molecule has 4 nitrogen and oxygen atoms in total. The van der Waals surface area contributed by atoms with Crippen molar-refractivity contribution < 1.29 is 4.42 Å². The molecule has 0 aliphatic carbocycles. The third kappa shape index (κ3) is 1.93. The minimum atomic E-state index is 0.310. The number of hydrogen-bond donors (Lipinski definition) is 1. The highest BCUT2D eigenvalue weighted by molar-refractivity contribution is 5.92. The summed E-state index contributed by atoms with van der Waals surface area (Å²) in [6, 6.07) is 7.84. The van der Waals surface area contributed by atoms with Crippen LogP contribution in [0.3, 0.4) is 0 Å². The zero-order valence-electron chi connectivity index (χ0n) is 11.8. The molecule has 20 heavy (non-hydrogen) atoms. The lowest BCUT2D eigenvalue weighted by Crippen LogP contribution is -2.06. The quantitative estimate of drug-likeness (QED) is 0.764. The van der Waals surface area contributed by atoms with Crippen molar-refractivity contribution in [1.29, 1.82) is 0 Å². The predicted octanol–water partition coefficient (Wildman–Crippen LogP) is 3.90. The SMILES string of the molecule is Cc1nc(-c2coc3ccccc23)nc(N)c1C(C)C. The molecule has 4 heteroatoms. The number of fused-ring (bicyclic) bond motifs is 1. The second kappa shape index (κ2) is 4.63. The fraction of sp³-hybridized carbons (Fsp3) is 0.250. The van der Waals surface area contributed by atoms with Gasteiger partial charge in [-0.05, 0) is 18.9 Å². The van der Waals surface area contributed by atoms with Crippen molar-refractivity contribution in [3.8, 4) is 11.4 Å². The van der Waals surface area contributed by atoms with E-state index in [0.717, 1.165) is 27.8 Å². The van der Waals surface area contributed by atoms with Gasteiger partial charge in [-0.1, -0.05) is 32.0 Å². The molecule has 1 aromatic carbocycles. The number of nitrogens with two attached hydrogens (primary N) is 1. The lowest BCUT2D eigenvalue weighted by atomic mass is 10.0. The summed E-state index contributed by atoms with van der Waals surface area (Å²) in [5.74, 6) is 1.48. The monoisotopic (exact) mass is 267 g/mol. The van der Waals surface area contributed by atoms with E-state index in [4.69, 9.17) is 10.2 Å². The molecule has 0 amide bonds. The van der Waals surface area contributed by atoms with Crippen LogP contribution < -0.4 is 5.73 Å². The molecule has 3 rings (SSSR count). The molecular weight excluding hydrogens is 250 g/mol. The molecule has 2 aromatic heterocycles. The zero-order valence-corrected chi connectivity index (χ0v) is 11.8. The van der Waals surface area contributed by atoms with Crippen molar-refractivity contribution in [2.75, 3.05) is 5.73 Å². The molecule has 0 saturated heterocycles. The van der Waals surface area contributed by atoms with Crippen LogP contribution in [0.2, 0.25) is 0 Å². The van der Waals surface area contributed by atoms with Gasteiger partial charge in [-0.25, -0.2) is 9.97 Å². The van der Waals surface area contributed by atoms with Gasteiger partial charge in [0.2, 0.25) is 0 Å². The zero-order chi connectivity index (χ0) is 14.3. The van der Waals surface area contributed by atoms with Crippen molar-refractivity contribution in [3.05, 3.63) is 41.8 Å². The molecule has 0 spiro atoms. The predicted molar refractivity (Wildman–Crippen MR) is 80.5 cm³/mol. The van der Waals surface area contributed by atoms with Crippen molar-refractivity contribution >= 4 is 16.8 Å². The molecule has 0 atom stereocenters. The normalized spacial score (nSPS) is 11.4. The van der Waals surface area contributed by atoms with Crippen molar-refractivity contribution in [2.45, 2.75) is 26.7 Å². The molecule has 0 unspecified atom stereocenters. The van der Waals surface area contributed by atoms with Crippen LogP contribution in [-0.4, -0.2) is 9.97 Å². The molecule has 2 heterocycles. The lowest BCUT2D eigenvalue weighted by molar-refractivity contribution is 0.616. The van der Waals surface area contributed by atoms with E-state index in [-0.39, 0.29) is 0 Å². The molecule has 102 valence electrons. The first-order chi connectivity index (χ1) is 9.58. The molecule has 0 fully saturated rings. The van der Waals surface area contributed by atoms with E-state index in [0.29, 0.717) is 17.6 Å². The van der Waals surface area contributed by atoms with Crippen LogP contribution in [0.1, 0.15) is 31.0 Å². The smallest absolute Gasteiger partial charge is 0.165 e. The number of furan rings is 1. The van der Waals surface area contributed by atoms with E-state index < -0.39 is 0 Å². The van der Waals surface area contributed by atoms with Gasteiger partial charge in [0.05, 0.1) is 5.56 Å². The summed E-state index contributed by atoms with van der Waals surface area (Å²) < 4.78 is 5.54. The van der Waals surface area contributed by atoms with E-state index in [9.17, 15) is 0 Å².